The van der Waals surface area contributed by atoms with Crippen LogP contribution in [-0.2, 0) is 78.4 Å². The first-order valence-electron chi connectivity index (χ1n) is 42.2. The van der Waals surface area contributed by atoms with E-state index in [0.717, 1.165) is 140 Å². The second-order valence-electron chi connectivity index (χ2n) is 33.6. The summed E-state index contributed by atoms with van der Waals surface area (Å²) in [5.41, 5.74) is 25.8. The van der Waals surface area contributed by atoms with Crippen LogP contribution in [0.3, 0.4) is 0 Å². The van der Waals surface area contributed by atoms with Gasteiger partial charge in [0.25, 0.3) is 41.9 Å². The summed E-state index contributed by atoms with van der Waals surface area (Å²) in [6.45, 7) is 12.8. The number of likely N-dealkylation sites (tertiary alicyclic amines) is 2. The van der Waals surface area contributed by atoms with Crippen molar-refractivity contribution in [2.24, 2.45) is 29.2 Å². The molecule has 0 radical (unpaired) electrons. The molecule has 10 aromatic rings. The first kappa shape index (κ1) is 90.8. The molecule has 4 spiro atoms. The maximum Gasteiger partial charge on any atom is 0.314 e. The van der Waals surface area contributed by atoms with Crippen LogP contribution in [-0.4, -0.2) is 151 Å². The molecule has 0 aliphatic carbocycles. The Kier molecular flexibility index (Phi) is 26.0. The minimum atomic E-state index is -3.95. The van der Waals surface area contributed by atoms with Crippen molar-refractivity contribution in [1.82, 2.24) is 40.8 Å². The molecule has 27 nitrogen and oxygen atoms in total. The molecule has 9 heterocycles. The average Bonchev–Trinajstić information content (AvgIpc) is 1.56. The van der Waals surface area contributed by atoms with E-state index in [1.807, 2.05) is 99.8 Å². The van der Waals surface area contributed by atoms with Crippen LogP contribution in [0.15, 0.2) is 226 Å². The fraction of sp³-hybridized carbons (Fsp3) is 0.319. The van der Waals surface area contributed by atoms with Crippen molar-refractivity contribution in [3.63, 3.8) is 0 Å². The average molecular weight is 1830 g/mol. The van der Waals surface area contributed by atoms with Gasteiger partial charge in [-0.25, -0.2) is 30.4 Å². The van der Waals surface area contributed by atoms with Crippen LogP contribution in [0.5, 0.6) is 0 Å². The zero-order valence-corrected chi connectivity index (χ0v) is 74.8. The van der Waals surface area contributed by atoms with Gasteiger partial charge in [-0.05, 0) is 302 Å². The molecule has 18 rings (SSSR count). The number of anilines is 3. The standard InChI is InChI=1S/C28H27ClN4O3S.C27H27ClFN3O3S.C25H28FN5O3S.C14H16N4O2/c1-19-28(12-14-32(15-13-28)18-22-4-2-3-5-25(22)29)24-16-21(27(31)34)8-11-26(24)33(19)37(35,36)23-9-6-20(17-30)7-10-23;1-18-27(12-14-30-15-13-27)23-16-19(26(33)31-17-20-4-2-3-5-24(20)28)6-11-25(23)32(18)36(34,35)22-9-7-21(29)8-10-22;1-17-25(10-13-27-14-11-25)21-15-19(24(32)28-16-18-3-6-20(26)7-4-18)5-8-22(21)31(17)35(33,34)23-9-12-29-30(23)2;15-12(19)9-1-2-11-10(7-9)14(8-17-11)3-5-18(6-4-14)13(16)20/h2-11,16,19H,12-15,18H2,1H3,(H2,31,34);2-11,16,18,30H,12-15,17H2,1H3,(H,31,33);3-9,12,15,17,27H,10-11,13-14,16H2,1-2H3,(H,28,32);1-2,7-8H,3-6H2,(H2,15,19)(H2,16,20). The van der Waals surface area contributed by atoms with Crippen LogP contribution in [0.4, 0.5) is 36.3 Å². The smallest absolute Gasteiger partial charge is 0.314 e. The van der Waals surface area contributed by atoms with Gasteiger partial charge >= 0.3 is 6.03 Å². The van der Waals surface area contributed by atoms with Crippen molar-refractivity contribution >= 4 is 112 Å². The Morgan fingerprint density at radius 3 is 1.38 bits per heavy atom. The molecule has 4 saturated heterocycles. The number of nitrogens with one attached hydrogen (secondary N) is 4. The van der Waals surface area contributed by atoms with Crippen LogP contribution in [0.1, 0.15) is 158 Å². The van der Waals surface area contributed by atoms with E-state index in [4.69, 9.17) is 45.7 Å². The molecule has 34 heteroatoms. The molecule has 9 aromatic carbocycles. The maximum absolute atomic E-state index is 13.9. The molecule has 4 fully saturated rings. The molecule has 3 atom stereocenters. The lowest BCUT2D eigenvalue weighted by molar-refractivity contribution is 0.0942. The van der Waals surface area contributed by atoms with Gasteiger partial charge in [-0.15, -0.1) is 0 Å². The highest BCUT2D eigenvalue weighted by molar-refractivity contribution is 7.93. The number of aromatic nitrogens is 2. The molecule has 8 aliphatic heterocycles. The number of nitrogens with two attached hydrogens (primary N) is 3. The van der Waals surface area contributed by atoms with Gasteiger partial charge in [0.2, 0.25) is 11.8 Å². The number of aryl methyl sites for hydroxylation is 1. The minimum absolute atomic E-state index is 0.0363. The fourth-order valence-corrected chi connectivity index (χ4v) is 25.4. The normalized spacial score (nSPS) is 18.9. The fourth-order valence-electron chi connectivity index (χ4n) is 19.6. The number of amides is 6. The molecule has 1 aromatic heterocycles. The Balaban J connectivity index is 0.000000134. The molecular weight excluding hydrogens is 1730 g/mol. The molecule has 10 N–H and O–H groups in total. The molecule has 8 aliphatic rings. The molecule has 0 saturated carbocycles. The highest BCUT2D eigenvalue weighted by Gasteiger charge is 2.57. The summed E-state index contributed by atoms with van der Waals surface area (Å²) in [5, 5.41) is 27.1. The van der Waals surface area contributed by atoms with Crippen LogP contribution < -0.4 is 51.4 Å². The quantitative estimate of drug-likeness (QED) is 0.0472. The van der Waals surface area contributed by atoms with Crippen LogP contribution in [0.2, 0.25) is 10.0 Å². The summed E-state index contributed by atoms with van der Waals surface area (Å²) in [6.07, 6.45) is 9.36. The SMILES string of the molecule is CC1N(S(=O)(=O)c2ccc(C#N)cc2)c2ccc(C(N)=O)cc2C12CCN(Cc1ccccc1Cl)CC2.CC1N(S(=O)(=O)c2ccc(F)cc2)c2ccc(C(=O)NCc3ccccc3Cl)cc2C12CCNCC2.CC1N(S(=O)(=O)c2ccnn2C)c2ccc(C(=O)NCc3ccc(F)cc3)cc2C12CCNCC2.NC(=O)c1ccc2c(c1)C1(C=N2)CCN(C(N)=O)CC1. The predicted molar refractivity (Wildman–Crippen MR) is 487 cm³/mol. The predicted octanol–water partition coefficient (Wildman–Crippen LogP) is 12.7. The van der Waals surface area contributed by atoms with Crippen molar-refractivity contribution in [2.75, 3.05) is 65.3 Å². The minimum Gasteiger partial charge on any atom is -0.366 e. The molecular formula is C94H98Cl2F2N16O11S3. The Labute approximate surface area is 752 Å². The first-order chi connectivity index (χ1) is 61.2. The number of carbonyl (C=O) groups excluding carboxylic acids is 5. The second-order valence-corrected chi connectivity index (χ2v) is 39.8. The van der Waals surface area contributed by atoms with E-state index in [1.54, 1.807) is 78.7 Å². The van der Waals surface area contributed by atoms with E-state index in [0.29, 0.717) is 82.4 Å². The van der Waals surface area contributed by atoms with Gasteiger partial charge in [0.1, 0.15) is 11.6 Å². The number of halogens is 4. The third-order valence-electron chi connectivity index (χ3n) is 26.9. The van der Waals surface area contributed by atoms with Gasteiger partial charge in [-0.3, -0.25) is 46.7 Å². The van der Waals surface area contributed by atoms with Gasteiger partial charge in [0.05, 0.1) is 68.5 Å². The van der Waals surface area contributed by atoms with Crippen molar-refractivity contribution in [3.05, 3.63) is 295 Å². The molecule has 6 amide bonds. The molecule has 128 heavy (non-hydrogen) atoms. The third kappa shape index (κ3) is 17.3. The van der Waals surface area contributed by atoms with Crippen molar-refractivity contribution in [1.29, 1.82) is 5.26 Å². The molecule has 3 unspecified atom stereocenters. The van der Waals surface area contributed by atoms with Crippen molar-refractivity contribution in [2.45, 2.75) is 146 Å². The van der Waals surface area contributed by atoms with E-state index in [9.17, 15) is 58.0 Å². The van der Waals surface area contributed by atoms with E-state index in [2.05, 4.69) is 36.3 Å². The highest BCUT2D eigenvalue weighted by Crippen LogP contribution is 2.57. The number of rotatable bonds is 16. The number of piperidine rings is 4. The van der Waals surface area contributed by atoms with Gasteiger partial charge in [-0.1, -0.05) is 71.7 Å². The third-order valence-corrected chi connectivity index (χ3v) is 33.4. The summed E-state index contributed by atoms with van der Waals surface area (Å²) in [7, 11) is -10.1. The Bertz CT molecular complexity index is 6390. The van der Waals surface area contributed by atoms with Crippen LogP contribution >= 0.6 is 23.2 Å². The largest absolute Gasteiger partial charge is 0.366 e. The summed E-state index contributed by atoms with van der Waals surface area (Å²) in [5.74, 6) is -2.33. The number of urea groups is 1. The lowest BCUT2D eigenvalue weighted by atomic mass is 9.70. The van der Waals surface area contributed by atoms with Crippen molar-refractivity contribution in [3.8, 4) is 6.07 Å². The second kappa shape index (κ2) is 36.7. The van der Waals surface area contributed by atoms with E-state index < -0.39 is 63.9 Å². The molecule has 0 bridgehead atoms. The Morgan fingerprint density at radius 2 is 0.922 bits per heavy atom. The van der Waals surface area contributed by atoms with Crippen molar-refractivity contribution < 1.29 is 58.0 Å². The van der Waals surface area contributed by atoms with E-state index >= 15 is 0 Å². The number of primary amides is 3. The zero-order valence-electron chi connectivity index (χ0n) is 70.9. The summed E-state index contributed by atoms with van der Waals surface area (Å²) in [4.78, 5) is 69.2. The number of sulfonamides is 3. The van der Waals surface area contributed by atoms with E-state index in [1.165, 1.54) is 78.4 Å². The summed E-state index contributed by atoms with van der Waals surface area (Å²) >= 11 is 12.6. The highest BCUT2D eigenvalue weighted by atomic mass is 35.5. The zero-order chi connectivity index (χ0) is 91.0. The topological polar surface area (TPSA) is 384 Å². The molecule has 666 valence electrons. The number of nitrogens with zero attached hydrogens (tertiary/aromatic N) is 9. The van der Waals surface area contributed by atoms with Gasteiger partial charge in [-0.2, -0.15) is 18.8 Å². The lowest BCUT2D eigenvalue weighted by Gasteiger charge is -2.43. The maximum atomic E-state index is 13.9. The Morgan fingerprint density at radius 1 is 0.500 bits per heavy atom. The monoisotopic (exact) mass is 1830 g/mol. The number of nitriles is 1. The van der Waals surface area contributed by atoms with Gasteiger partial charge < -0.3 is 43.4 Å². The van der Waals surface area contributed by atoms with Gasteiger partial charge in [0, 0.05) is 99.9 Å². The number of hydrogen-bond donors (Lipinski definition) is 7. The number of hydrogen-bond acceptors (Lipinski definition) is 17. The summed E-state index contributed by atoms with van der Waals surface area (Å²) < 4.78 is 115. The first-order valence-corrected chi connectivity index (χ1v) is 47.3. The van der Waals surface area contributed by atoms with Gasteiger partial charge in [0.15, 0.2) is 5.03 Å². The van der Waals surface area contributed by atoms with Crippen LogP contribution in [0.25, 0.3) is 0 Å². The number of benzene rings is 9. The van der Waals surface area contributed by atoms with Crippen LogP contribution in [0, 0.1) is 23.0 Å². The van der Waals surface area contributed by atoms with E-state index in [-0.39, 0.29) is 75.1 Å². The number of carbonyl (C=O) groups is 5. The Hall–Kier alpha value is -11.9. The number of aliphatic imine (C=N–C) groups is 1. The summed E-state index contributed by atoms with van der Waals surface area (Å²) in [6, 6.07) is 54.8. The lowest BCUT2D eigenvalue weighted by Crippen LogP contribution is -2.51. The number of fused-ring (bicyclic) bond motifs is 8.